The highest BCUT2D eigenvalue weighted by molar-refractivity contribution is 5.58. The third-order valence-electron chi connectivity index (χ3n) is 2.60. The summed E-state index contributed by atoms with van der Waals surface area (Å²) in [5.41, 5.74) is -0.0740. The molecule has 0 N–H and O–H groups in total. The van der Waals surface area contributed by atoms with Crippen LogP contribution in [0, 0.1) is 11.3 Å². The van der Waals surface area contributed by atoms with Crippen molar-refractivity contribution in [3.63, 3.8) is 0 Å². The van der Waals surface area contributed by atoms with Crippen molar-refractivity contribution in [2.75, 3.05) is 0 Å². The van der Waals surface area contributed by atoms with Gasteiger partial charge in [0.25, 0.3) is 0 Å². The van der Waals surface area contributed by atoms with Crippen molar-refractivity contribution in [1.82, 2.24) is 0 Å². The van der Waals surface area contributed by atoms with Gasteiger partial charge < -0.3 is 4.79 Å². The Hall–Kier alpha value is -0.330. The van der Waals surface area contributed by atoms with Crippen molar-refractivity contribution in [2.24, 2.45) is 11.3 Å². The Kier molecular flexibility index (Phi) is 4.39. The van der Waals surface area contributed by atoms with Gasteiger partial charge in [-0.05, 0) is 18.8 Å². The summed E-state index contributed by atoms with van der Waals surface area (Å²) < 4.78 is 0. The summed E-state index contributed by atoms with van der Waals surface area (Å²) in [6, 6.07) is 0. The van der Waals surface area contributed by atoms with Gasteiger partial charge in [0.2, 0.25) is 0 Å². The summed E-state index contributed by atoms with van der Waals surface area (Å²) in [4.78, 5) is 10.7. The summed E-state index contributed by atoms with van der Waals surface area (Å²) in [5.74, 6) is 0.671. The van der Waals surface area contributed by atoms with Crippen LogP contribution in [0.5, 0.6) is 0 Å². The lowest BCUT2D eigenvalue weighted by Crippen LogP contribution is -2.20. The minimum atomic E-state index is -0.0740. The smallest absolute Gasteiger partial charge is 0.125 e. The second kappa shape index (κ2) is 4.53. The maximum absolute atomic E-state index is 10.7. The van der Waals surface area contributed by atoms with Crippen LogP contribution in [0.15, 0.2) is 0 Å². The van der Waals surface area contributed by atoms with Gasteiger partial charge in [0.1, 0.15) is 6.29 Å². The van der Waals surface area contributed by atoms with Crippen molar-refractivity contribution in [3.05, 3.63) is 0 Å². The third-order valence-corrected chi connectivity index (χ3v) is 2.60. The molecule has 0 rings (SSSR count). The number of carbonyl (C=O) groups excluding carboxylic acids is 1. The highest BCUT2D eigenvalue weighted by Crippen LogP contribution is 2.28. The van der Waals surface area contributed by atoms with Crippen LogP contribution in [0.25, 0.3) is 0 Å². The van der Waals surface area contributed by atoms with E-state index in [1.165, 1.54) is 6.42 Å². The molecule has 0 spiro atoms. The largest absolute Gasteiger partial charge is 0.303 e. The van der Waals surface area contributed by atoms with Gasteiger partial charge in [-0.3, -0.25) is 0 Å². The van der Waals surface area contributed by atoms with Gasteiger partial charge in [0.15, 0.2) is 0 Å². The topological polar surface area (TPSA) is 17.1 Å². The molecule has 11 heavy (non-hydrogen) atoms. The van der Waals surface area contributed by atoms with Crippen LogP contribution in [-0.4, -0.2) is 6.29 Å². The molecule has 1 nitrogen and oxygen atoms in total. The minimum absolute atomic E-state index is 0.0740. The Labute approximate surface area is 70.2 Å². The first-order valence-corrected chi connectivity index (χ1v) is 4.54. The lowest BCUT2D eigenvalue weighted by molar-refractivity contribution is -0.116. The molecule has 0 aliphatic rings. The van der Waals surface area contributed by atoms with Gasteiger partial charge in [-0.25, -0.2) is 0 Å². The number of hydrogen-bond acceptors (Lipinski definition) is 1. The molecule has 0 saturated carbocycles. The Morgan fingerprint density at radius 2 is 2.00 bits per heavy atom. The monoisotopic (exact) mass is 156 g/mol. The molecule has 0 aliphatic heterocycles. The average molecular weight is 156 g/mol. The molecule has 0 fully saturated rings. The van der Waals surface area contributed by atoms with Gasteiger partial charge >= 0.3 is 0 Å². The van der Waals surface area contributed by atoms with Gasteiger partial charge in [0, 0.05) is 5.41 Å². The molecule has 0 bridgehead atoms. The zero-order chi connectivity index (χ0) is 8.91. The van der Waals surface area contributed by atoms with Crippen molar-refractivity contribution >= 4 is 6.29 Å². The Bertz CT molecular complexity index is 120. The lowest BCUT2D eigenvalue weighted by atomic mass is 9.80. The van der Waals surface area contributed by atoms with Gasteiger partial charge in [-0.15, -0.1) is 0 Å². The zero-order valence-corrected chi connectivity index (χ0v) is 8.18. The molecular formula is C10H20O. The summed E-state index contributed by atoms with van der Waals surface area (Å²) in [6.07, 6.45) is 4.27. The van der Waals surface area contributed by atoms with Crippen molar-refractivity contribution < 1.29 is 4.79 Å². The Morgan fingerprint density at radius 3 is 2.27 bits per heavy atom. The first-order valence-electron chi connectivity index (χ1n) is 4.54. The predicted octanol–water partition coefficient (Wildman–Crippen LogP) is 3.04. The average Bonchev–Trinajstić information content (AvgIpc) is 2.04. The van der Waals surface area contributed by atoms with E-state index < -0.39 is 0 Å². The van der Waals surface area contributed by atoms with Crippen molar-refractivity contribution in [1.29, 1.82) is 0 Å². The number of carbonyl (C=O) groups is 1. The molecule has 66 valence electrons. The molecule has 0 aromatic rings. The zero-order valence-electron chi connectivity index (χ0n) is 8.18. The van der Waals surface area contributed by atoms with Crippen LogP contribution in [-0.2, 0) is 4.79 Å². The number of rotatable bonds is 5. The highest BCUT2D eigenvalue weighted by Gasteiger charge is 2.22. The van der Waals surface area contributed by atoms with E-state index in [9.17, 15) is 4.79 Å². The molecule has 2 atom stereocenters. The van der Waals surface area contributed by atoms with Crippen molar-refractivity contribution in [2.45, 2.75) is 47.0 Å². The molecular weight excluding hydrogens is 136 g/mol. The van der Waals surface area contributed by atoms with E-state index in [-0.39, 0.29) is 5.41 Å². The van der Waals surface area contributed by atoms with Crippen LogP contribution in [0.2, 0.25) is 0 Å². The highest BCUT2D eigenvalue weighted by atomic mass is 16.1. The van der Waals surface area contributed by atoms with E-state index in [4.69, 9.17) is 0 Å². The van der Waals surface area contributed by atoms with Crippen LogP contribution in [0.4, 0.5) is 0 Å². The number of hydrogen-bond donors (Lipinski definition) is 0. The summed E-state index contributed by atoms with van der Waals surface area (Å²) >= 11 is 0. The van der Waals surface area contributed by atoms with E-state index in [1.54, 1.807) is 0 Å². The van der Waals surface area contributed by atoms with E-state index in [0.717, 1.165) is 19.1 Å². The van der Waals surface area contributed by atoms with Crippen LogP contribution in [0.1, 0.15) is 47.0 Å². The van der Waals surface area contributed by atoms with Crippen LogP contribution >= 0.6 is 0 Å². The molecule has 1 heteroatoms. The van der Waals surface area contributed by atoms with Crippen LogP contribution in [0.3, 0.4) is 0 Å². The molecule has 0 aromatic carbocycles. The quantitative estimate of drug-likeness (QED) is 0.559. The van der Waals surface area contributed by atoms with E-state index in [2.05, 4.69) is 20.8 Å². The molecule has 0 aliphatic carbocycles. The van der Waals surface area contributed by atoms with Gasteiger partial charge in [0.05, 0.1) is 0 Å². The predicted molar refractivity (Wildman–Crippen MR) is 48.5 cm³/mol. The van der Waals surface area contributed by atoms with Gasteiger partial charge in [-0.1, -0.05) is 34.1 Å². The SMILES string of the molecule is CCC(C)CC(C)(C=O)CC. The fourth-order valence-electron chi connectivity index (χ4n) is 1.22. The van der Waals surface area contributed by atoms with Crippen LogP contribution < -0.4 is 0 Å². The molecule has 0 aromatic heterocycles. The standard InChI is InChI=1S/C10H20O/c1-5-9(3)7-10(4,6-2)8-11/h8-9H,5-7H2,1-4H3. The summed E-state index contributed by atoms with van der Waals surface area (Å²) in [6.45, 7) is 8.51. The second-order valence-corrected chi connectivity index (χ2v) is 3.84. The molecule has 0 radical (unpaired) electrons. The fraction of sp³-hybridized carbons (Fsp3) is 0.900. The first kappa shape index (κ1) is 10.7. The van der Waals surface area contributed by atoms with E-state index in [0.29, 0.717) is 5.92 Å². The third kappa shape index (κ3) is 3.54. The van der Waals surface area contributed by atoms with E-state index >= 15 is 0 Å². The van der Waals surface area contributed by atoms with Gasteiger partial charge in [-0.2, -0.15) is 0 Å². The lowest BCUT2D eigenvalue weighted by Gasteiger charge is -2.24. The first-order chi connectivity index (χ1) is 5.08. The maximum atomic E-state index is 10.7. The minimum Gasteiger partial charge on any atom is -0.303 e. The Morgan fingerprint density at radius 1 is 1.45 bits per heavy atom. The fourth-order valence-corrected chi connectivity index (χ4v) is 1.22. The van der Waals surface area contributed by atoms with Crippen molar-refractivity contribution in [3.8, 4) is 0 Å². The Balaban J connectivity index is 3.96. The molecule has 0 heterocycles. The maximum Gasteiger partial charge on any atom is 0.125 e. The summed E-state index contributed by atoms with van der Waals surface area (Å²) in [5, 5.41) is 0. The number of aldehydes is 1. The molecule has 2 unspecified atom stereocenters. The molecule has 0 amide bonds. The normalized spacial score (nSPS) is 18.9. The van der Waals surface area contributed by atoms with E-state index in [1.807, 2.05) is 6.92 Å². The summed E-state index contributed by atoms with van der Waals surface area (Å²) in [7, 11) is 0. The second-order valence-electron chi connectivity index (χ2n) is 3.84. The molecule has 0 saturated heterocycles.